The fourth-order valence-electron chi connectivity index (χ4n) is 2.23. The second-order valence-electron chi connectivity index (χ2n) is 4.65. The van der Waals surface area contributed by atoms with Gasteiger partial charge in [-0.25, -0.2) is 9.78 Å². The van der Waals surface area contributed by atoms with Crippen molar-refractivity contribution in [1.82, 2.24) is 14.5 Å². The Balaban J connectivity index is 2.08. The van der Waals surface area contributed by atoms with Crippen molar-refractivity contribution in [2.24, 2.45) is 0 Å². The Morgan fingerprint density at radius 2 is 2.20 bits per heavy atom. The molecular weight excluding hydrogens is 254 g/mol. The van der Waals surface area contributed by atoms with Gasteiger partial charge < -0.3 is 9.67 Å². The average molecular weight is 267 g/mol. The van der Waals surface area contributed by atoms with Crippen molar-refractivity contribution in [1.29, 1.82) is 0 Å². The molecule has 0 amide bonds. The monoisotopic (exact) mass is 267 g/mol. The molecule has 0 saturated heterocycles. The van der Waals surface area contributed by atoms with E-state index in [2.05, 4.69) is 9.97 Å². The highest BCUT2D eigenvalue weighted by Gasteiger charge is 2.12. The van der Waals surface area contributed by atoms with Gasteiger partial charge in [-0.05, 0) is 36.2 Å². The van der Waals surface area contributed by atoms with Gasteiger partial charge in [0, 0.05) is 12.4 Å². The molecule has 3 rings (SSSR count). The SMILES string of the molecule is Cc1ccncc1Cn1cnc2c(C(=O)O)cccc21. The molecule has 0 atom stereocenters. The zero-order chi connectivity index (χ0) is 14.1. The number of pyridine rings is 1. The number of benzene rings is 1. The lowest BCUT2D eigenvalue weighted by atomic mass is 10.1. The van der Waals surface area contributed by atoms with E-state index in [4.69, 9.17) is 5.11 Å². The molecule has 0 fully saturated rings. The molecule has 20 heavy (non-hydrogen) atoms. The molecule has 5 heteroatoms. The fraction of sp³-hybridized carbons (Fsp3) is 0.133. The molecule has 0 radical (unpaired) electrons. The predicted molar refractivity (Wildman–Crippen MR) is 74.8 cm³/mol. The summed E-state index contributed by atoms with van der Waals surface area (Å²) in [4.78, 5) is 19.5. The minimum Gasteiger partial charge on any atom is -0.478 e. The fourth-order valence-corrected chi connectivity index (χ4v) is 2.23. The zero-order valence-electron chi connectivity index (χ0n) is 10.9. The normalized spacial score (nSPS) is 10.8. The number of imidazole rings is 1. The molecule has 0 unspecified atom stereocenters. The Hall–Kier alpha value is -2.69. The Morgan fingerprint density at radius 1 is 1.35 bits per heavy atom. The molecule has 1 N–H and O–H groups in total. The number of aryl methyl sites for hydroxylation is 1. The summed E-state index contributed by atoms with van der Waals surface area (Å²) in [5.41, 5.74) is 3.79. The van der Waals surface area contributed by atoms with Crippen molar-refractivity contribution >= 4 is 17.0 Å². The van der Waals surface area contributed by atoms with Crippen molar-refractivity contribution < 1.29 is 9.90 Å². The van der Waals surface area contributed by atoms with Crippen LogP contribution in [0.5, 0.6) is 0 Å². The summed E-state index contributed by atoms with van der Waals surface area (Å²) in [6.07, 6.45) is 5.25. The molecular formula is C15H13N3O2. The van der Waals surface area contributed by atoms with E-state index in [1.807, 2.05) is 29.8 Å². The van der Waals surface area contributed by atoms with Gasteiger partial charge in [0.1, 0.15) is 5.52 Å². The summed E-state index contributed by atoms with van der Waals surface area (Å²) in [7, 11) is 0. The van der Waals surface area contributed by atoms with Gasteiger partial charge in [0.25, 0.3) is 0 Å². The predicted octanol–water partition coefficient (Wildman–Crippen LogP) is 2.49. The number of hydrogen-bond acceptors (Lipinski definition) is 3. The first-order valence-corrected chi connectivity index (χ1v) is 6.23. The van der Waals surface area contributed by atoms with E-state index < -0.39 is 5.97 Å². The molecule has 100 valence electrons. The summed E-state index contributed by atoms with van der Waals surface area (Å²) in [6.45, 7) is 2.65. The molecule has 3 aromatic rings. The second-order valence-corrected chi connectivity index (χ2v) is 4.65. The number of carbonyl (C=O) groups is 1. The lowest BCUT2D eigenvalue weighted by molar-refractivity contribution is 0.0699. The summed E-state index contributed by atoms with van der Waals surface area (Å²) in [5, 5.41) is 9.17. The summed E-state index contributed by atoms with van der Waals surface area (Å²) in [5.74, 6) is -0.960. The molecule has 2 heterocycles. The third-order valence-electron chi connectivity index (χ3n) is 3.37. The van der Waals surface area contributed by atoms with Crippen LogP contribution in [0.25, 0.3) is 11.0 Å². The topological polar surface area (TPSA) is 68.0 Å². The maximum absolute atomic E-state index is 11.2. The molecule has 0 spiro atoms. The number of fused-ring (bicyclic) bond motifs is 1. The van der Waals surface area contributed by atoms with E-state index in [-0.39, 0.29) is 5.56 Å². The maximum atomic E-state index is 11.2. The van der Waals surface area contributed by atoms with Gasteiger partial charge in [-0.3, -0.25) is 4.98 Å². The number of carboxylic acids is 1. The van der Waals surface area contributed by atoms with Crippen LogP contribution in [0.15, 0.2) is 43.0 Å². The van der Waals surface area contributed by atoms with Crippen molar-refractivity contribution in [3.63, 3.8) is 0 Å². The van der Waals surface area contributed by atoms with Crippen LogP contribution in [0.1, 0.15) is 21.5 Å². The third-order valence-corrected chi connectivity index (χ3v) is 3.37. The number of aromatic carboxylic acids is 1. The number of carboxylic acid groups (broad SMARTS) is 1. The van der Waals surface area contributed by atoms with Crippen LogP contribution in [0.3, 0.4) is 0 Å². The minimum absolute atomic E-state index is 0.226. The molecule has 0 aliphatic rings. The van der Waals surface area contributed by atoms with E-state index in [1.165, 1.54) is 0 Å². The van der Waals surface area contributed by atoms with E-state index >= 15 is 0 Å². The molecule has 2 aromatic heterocycles. The molecule has 0 saturated carbocycles. The Bertz CT molecular complexity index is 793. The number of hydrogen-bond donors (Lipinski definition) is 1. The number of aromatic nitrogens is 3. The van der Waals surface area contributed by atoms with Crippen LogP contribution < -0.4 is 0 Å². The van der Waals surface area contributed by atoms with Crippen molar-refractivity contribution in [2.75, 3.05) is 0 Å². The number of para-hydroxylation sites is 1. The van der Waals surface area contributed by atoms with Gasteiger partial charge in [0.15, 0.2) is 0 Å². The zero-order valence-corrected chi connectivity index (χ0v) is 10.9. The van der Waals surface area contributed by atoms with E-state index in [0.717, 1.165) is 16.6 Å². The highest BCUT2D eigenvalue weighted by molar-refractivity contribution is 6.00. The van der Waals surface area contributed by atoms with Crippen LogP contribution in [0, 0.1) is 6.92 Å². The Labute approximate surface area is 115 Å². The van der Waals surface area contributed by atoms with Gasteiger partial charge >= 0.3 is 5.97 Å². The van der Waals surface area contributed by atoms with Gasteiger partial charge in [-0.2, -0.15) is 0 Å². The van der Waals surface area contributed by atoms with E-state index in [0.29, 0.717) is 12.1 Å². The van der Waals surface area contributed by atoms with Crippen molar-refractivity contribution in [3.8, 4) is 0 Å². The standard InChI is InChI=1S/C15H13N3O2/c1-10-5-6-16-7-11(10)8-18-9-17-14-12(15(19)20)3-2-4-13(14)18/h2-7,9H,8H2,1H3,(H,19,20). The van der Waals surface area contributed by atoms with Crippen LogP contribution in [-0.2, 0) is 6.54 Å². The average Bonchev–Trinajstić information content (AvgIpc) is 2.84. The second kappa shape index (κ2) is 4.77. The van der Waals surface area contributed by atoms with Gasteiger partial charge in [-0.1, -0.05) is 6.07 Å². The van der Waals surface area contributed by atoms with Crippen LogP contribution in [0.4, 0.5) is 0 Å². The lowest BCUT2D eigenvalue weighted by Crippen LogP contribution is -2.01. The molecule has 5 nitrogen and oxygen atoms in total. The molecule has 0 bridgehead atoms. The first kappa shape index (κ1) is 12.3. The van der Waals surface area contributed by atoms with Crippen molar-refractivity contribution in [2.45, 2.75) is 13.5 Å². The molecule has 0 aliphatic carbocycles. The quantitative estimate of drug-likeness (QED) is 0.791. The van der Waals surface area contributed by atoms with Gasteiger partial charge in [-0.15, -0.1) is 0 Å². The maximum Gasteiger partial charge on any atom is 0.337 e. The van der Waals surface area contributed by atoms with E-state index in [9.17, 15) is 4.79 Å². The first-order valence-electron chi connectivity index (χ1n) is 6.23. The molecule has 1 aromatic carbocycles. The Kier molecular flexibility index (Phi) is 2.95. The lowest BCUT2D eigenvalue weighted by Gasteiger charge is -2.07. The van der Waals surface area contributed by atoms with Gasteiger partial charge in [0.05, 0.1) is 24.0 Å². The smallest absolute Gasteiger partial charge is 0.337 e. The number of rotatable bonds is 3. The first-order chi connectivity index (χ1) is 9.66. The summed E-state index contributed by atoms with van der Waals surface area (Å²) >= 11 is 0. The third kappa shape index (κ3) is 2.03. The largest absolute Gasteiger partial charge is 0.478 e. The van der Waals surface area contributed by atoms with Crippen LogP contribution in [0.2, 0.25) is 0 Å². The van der Waals surface area contributed by atoms with Crippen LogP contribution in [-0.4, -0.2) is 25.6 Å². The summed E-state index contributed by atoms with van der Waals surface area (Å²) < 4.78 is 1.94. The highest BCUT2D eigenvalue weighted by atomic mass is 16.4. The van der Waals surface area contributed by atoms with Crippen molar-refractivity contribution in [3.05, 3.63) is 59.7 Å². The van der Waals surface area contributed by atoms with Gasteiger partial charge in [0.2, 0.25) is 0 Å². The van der Waals surface area contributed by atoms with Crippen LogP contribution >= 0.6 is 0 Å². The summed E-state index contributed by atoms with van der Waals surface area (Å²) in [6, 6.07) is 7.13. The Morgan fingerprint density at radius 3 is 2.95 bits per heavy atom. The highest BCUT2D eigenvalue weighted by Crippen LogP contribution is 2.19. The molecule has 0 aliphatic heterocycles. The number of nitrogens with zero attached hydrogens (tertiary/aromatic N) is 3. The van der Waals surface area contributed by atoms with E-state index in [1.54, 1.807) is 24.7 Å². The minimum atomic E-state index is -0.960.